The molecule has 0 bridgehead atoms. The fraction of sp³-hybridized carbons (Fsp3) is 0.154. The van der Waals surface area contributed by atoms with Crippen LogP contribution in [0.3, 0.4) is 0 Å². The van der Waals surface area contributed by atoms with Gasteiger partial charge in [-0.3, -0.25) is 5.43 Å². The van der Waals surface area contributed by atoms with Gasteiger partial charge < -0.3 is 5.73 Å². The molecule has 0 unspecified atom stereocenters. The lowest BCUT2D eigenvalue weighted by atomic mass is 10.2. The summed E-state index contributed by atoms with van der Waals surface area (Å²) in [5.41, 5.74) is 11.9. The smallest absolute Gasteiger partial charge is 0.184 e. The number of nitrogens with zero attached hydrogens (tertiary/aromatic N) is 3. The number of hydrogen-bond donors (Lipinski definition) is 2. The molecule has 2 rings (SSSR count). The average molecular weight is 273 g/mol. The molecular formula is C13H15N5S. The fourth-order valence-corrected chi connectivity index (χ4v) is 1.82. The molecule has 0 aliphatic carbocycles. The molecule has 0 atom stereocenters. The molecule has 6 heteroatoms. The number of hydrogen-bond acceptors (Lipinski definition) is 3. The van der Waals surface area contributed by atoms with Gasteiger partial charge in [0.05, 0.1) is 17.6 Å². The highest BCUT2D eigenvalue weighted by Gasteiger charge is 2.02. The standard InChI is InChI=1S/C13H15N5S/c1-9-7-10(2)18(17-9)12-5-3-11(4-6-12)8-15-16-13(14)19/h3-8H,1-2H3,(H3,14,16,19). The van der Waals surface area contributed by atoms with Gasteiger partial charge in [0.2, 0.25) is 0 Å². The molecule has 0 radical (unpaired) electrons. The molecule has 2 aromatic rings. The molecule has 98 valence electrons. The van der Waals surface area contributed by atoms with Crippen molar-refractivity contribution in [2.75, 3.05) is 0 Å². The van der Waals surface area contributed by atoms with Crippen molar-refractivity contribution in [3.63, 3.8) is 0 Å². The van der Waals surface area contributed by atoms with Gasteiger partial charge in [-0.2, -0.15) is 10.2 Å². The van der Waals surface area contributed by atoms with Crippen molar-refractivity contribution >= 4 is 23.5 Å². The Kier molecular flexibility index (Phi) is 3.91. The summed E-state index contributed by atoms with van der Waals surface area (Å²) in [6.45, 7) is 4.01. The summed E-state index contributed by atoms with van der Waals surface area (Å²) in [5.74, 6) is 0. The lowest BCUT2D eigenvalue weighted by Crippen LogP contribution is -2.23. The van der Waals surface area contributed by atoms with Gasteiger partial charge in [-0.25, -0.2) is 4.68 Å². The first-order chi connectivity index (χ1) is 9.06. The quantitative estimate of drug-likeness (QED) is 0.507. The molecule has 3 N–H and O–H groups in total. The number of nitrogens with two attached hydrogens (primary N) is 1. The lowest BCUT2D eigenvalue weighted by molar-refractivity contribution is 0.833. The number of thiocarbonyl (C=S) groups is 1. The zero-order valence-electron chi connectivity index (χ0n) is 10.8. The van der Waals surface area contributed by atoms with E-state index in [2.05, 4.69) is 27.8 Å². The normalized spacial score (nSPS) is 10.8. The van der Waals surface area contributed by atoms with E-state index in [9.17, 15) is 0 Å². The molecule has 0 fully saturated rings. The number of hydrazone groups is 1. The monoisotopic (exact) mass is 273 g/mol. The summed E-state index contributed by atoms with van der Waals surface area (Å²) >= 11 is 4.65. The van der Waals surface area contributed by atoms with Crippen molar-refractivity contribution in [3.8, 4) is 5.69 Å². The van der Waals surface area contributed by atoms with E-state index in [1.165, 1.54) is 0 Å². The highest BCUT2D eigenvalue weighted by molar-refractivity contribution is 7.80. The average Bonchev–Trinajstić information content (AvgIpc) is 2.69. The maximum absolute atomic E-state index is 5.27. The van der Waals surface area contributed by atoms with Crippen LogP contribution in [0.2, 0.25) is 0 Å². The Bertz CT molecular complexity index is 612. The van der Waals surface area contributed by atoms with Gasteiger partial charge in [0, 0.05) is 5.69 Å². The molecule has 0 aliphatic heterocycles. The zero-order valence-corrected chi connectivity index (χ0v) is 11.6. The van der Waals surface area contributed by atoms with Crippen molar-refractivity contribution in [1.82, 2.24) is 15.2 Å². The Labute approximate surface area is 117 Å². The minimum absolute atomic E-state index is 0.149. The van der Waals surface area contributed by atoms with E-state index < -0.39 is 0 Å². The van der Waals surface area contributed by atoms with Gasteiger partial charge in [-0.05, 0) is 49.8 Å². The maximum Gasteiger partial charge on any atom is 0.184 e. The van der Waals surface area contributed by atoms with Crippen LogP contribution in [-0.2, 0) is 0 Å². The molecule has 0 spiro atoms. The summed E-state index contributed by atoms with van der Waals surface area (Å²) in [5, 5.41) is 8.48. The molecule has 0 saturated heterocycles. The van der Waals surface area contributed by atoms with Crippen LogP contribution in [0.25, 0.3) is 5.69 Å². The van der Waals surface area contributed by atoms with Gasteiger partial charge in [-0.15, -0.1) is 0 Å². The van der Waals surface area contributed by atoms with Crippen LogP contribution in [-0.4, -0.2) is 21.1 Å². The van der Waals surface area contributed by atoms with Crippen LogP contribution < -0.4 is 11.2 Å². The third kappa shape index (κ3) is 3.38. The molecular weight excluding hydrogens is 258 g/mol. The number of rotatable bonds is 3. The van der Waals surface area contributed by atoms with Crippen molar-refractivity contribution in [2.45, 2.75) is 13.8 Å². The summed E-state index contributed by atoms with van der Waals surface area (Å²) < 4.78 is 1.91. The van der Waals surface area contributed by atoms with Crippen LogP contribution in [0.5, 0.6) is 0 Å². The minimum Gasteiger partial charge on any atom is -0.375 e. The van der Waals surface area contributed by atoms with E-state index in [0.717, 1.165) is 22.6 Å². The van der Waals surface area contributed by atoms with Gasteiger partial charge in [0.25, 0.3) is 0 Å². The van der Waals surface area contributed by atoms with E-state index in [1.807, 2.05) is 48.9 Å². The SMILES string of the molecule is Cc1cc(C)n(-c2ccc(C=NNC(N)=S)cc2)n1. The Morgan fingerprint density at radius 3 is 2.58 bits per heavy atom. The molecule has 1 aromatic heterocycles. The summed E-state index contributed by atoms with van der Waals surface area (Å²) in [7, 11) is 0. The number of nitrogens with one attached hydrogen (secondary N) is 1. The fourth-order valence-electron chi connectivity index (χ4n) is 1.76. The molecule has 0 amide bonds. The molecule has 1 aromatic carbocycles. The van der Waals surface area contributed by atoms with Crippen LogP contribution >= 0.6 is 12.2 Å². The maximum atomic E-state index is 5.27. The Morgan fingerprint density at radius 2 is 2.05 bits per heavy atom. The highest BCUT2D eigenvalue weighted by Crippen LogP contribution is 2.12. The lowest BCUT2D eigenvalue weighted by Gasteiger charge is -2.04. The van der Waals surface area contributed by atoms with E-state index in [1.54, 1.807) is 6.21 Å². The second-order valence-corrected chi connectivity index (χ2v) is 4.60. The van der Waals surface area contributed by atoms with Crippen molar-refractivity contribution in [2.24, 2.45) is 10.8 Å². The highest BCUT2D eigenvalue weighted by atomic mass is 32.1. The first kappa shape index (κ1) is 13.2. The summed E-state index contributed by atoms with van der Waals surface area (Å²) in [6, 6.07) is 9.93. The third-order valence-electron chi connectivity index (χ3n) is 2.54. The van der Waals surface area contributed by atoms with Crippen LogP contribution in [0, 0.1) is 13.8 Å². The van der Waals surface area contributed by atoms with Crippen molar-refractivity contribution in [3.05, 3.63) is 47.3 Å². The largest absolute Gasteiger partial charge is 0.375 e. The van der Waals surface area contributed by atoms with Crippen molar-refractivity contribution in [1.29, 1.82) is 0 Å². The number of aromatic nitrogens is 2. The minimum atomic E-state index is 0.149. The van der Waals surface area contributed by atoms with Crippen LogP contribution in [0.15, 0.2) is 35.4 Å². The Balaban J connectivity index is 2.17. The van der Waals surface area contributed by atoms with E-state index in [4.69, 9.17) is 5.73 Å². The predicted octanol–water partition coefficient (Wildman–Crippen LogP) is 1.66. The zero-order chi connectivity index (χ0) is 13.8. The van der Waals surface area contributed by atoms with E-state index in [0.29, 0.717) is 0 Å². The number of benzene rings is 1. The Morgan fingerprint density at radius 1 is 1.37 bits per heavy atom. The first-order valence-corrected chi connectivity index (χ1v) is 6.19. The van der Waals surface area contributed by atoms with Crippen LogP contribution in [0.1, 0.15) is 17.0 Å². The van der Waals surface area contributed by atoms with Gasteiger partial charge in [0.15, 0.2) is 5.11 Å². The second-order valence-electron chi connectivity index (χ2n) is 4.16. The van der Waals surface area contributed by atoms with Gasteiger partial charge in [-0.1, -0.05) is 12.1 Å². The molecule has 19 heavy (non-hydrogen) atoms. The van der Waals surface area contributed by atoms with Crippen molar-refractivity contribution < 1.29 is 0 Å². The topological polar surface area (TPSA) is 68.2 Å². The second kappa shape index (κ2) is 5.62. The third-order valence-corrected chi connectivity index (χ3v) is 2.63. The molecule has 5 nitrogen and oxygen atoms in total. The first-order valence-electron chi connectivity index (χ1n) is 5.78. The Hall–Kier alpha value is -2.21. The molecule has 1 heterocycles. The number of aryl methyl sites for hydroxylation is 2. The summed E-state index contributed by atoms with van der Waals surface area (Å²) in [6.07, 6.45) is 1.66. The molecule has 0 saturated carbocycles. The van der Waals surface area contributed by atoms with E-state index >= 15 is 0 Å². The van der Waals surface area contributed by atoms with Crippen LogP contribution in [0.4, 0.5) is 0 Å². The predicted molar refractivity (Wildman–Crippen MR) is 80.6 cm³/mol. The van der Waals surface area contributed by atoms with E-state index in [-0.39, 0.29) is 5.11 Å². The van der Waals surface area contributed by atoms with Gasteiger partial charge in [0.1, 0.15) is 0 Å². The molecule has 0 aliphatic rings. The van der Waals surface area contributed by atoms with Gasteiger partial charge >= 0.3 is 0 Å². The summed E-state index contributed by atoms with van der Waals surface area (Å²) in [4.78, 5) is 0.